The zero-order valence-electron chi connectivity index (χ0n) is 14.2. The van der Waals surface area contributed by atoms with Crippen LogP contribution in [-0.4, -0.2) is 36.5 Å². The van der Waals surface area contributed by atoms with Crippen molar-refractivity contribution in [3.63, 3.8) is 0 Å². The van der Waals surface area contributed by atoms with Crippen molar-refractivity contribution < 1.29 is 4.79 Å². The molecular weight excluding hydrogens is 260 g/mol. The Balaban J connectivity index is 1.90. The number of hydrogen-bond donors (Lipinski definition) is 1. The van der Waals surface area contributed by atoms with Gasteiger partial charge in [-0.3, -0.25) is 4.79 Å². The van der Waals surface area contributed by atoms with E-state index in [1.165, 1.54) is 38.5 Å². The van der Waals surface area contributed by atoms with Gasteiger partial charge in [0.05, 0.1) is 0 Å². The van der Waals surface area contributed by atoms with Crippen molar-refractivity contribution in [2.75, 3.05) is 19.6 Å². The second-order valence-corrected chi connectivity index (χ2v) is 7.67. The van der Waals surface area contributed by atoms with Gasteiger partial charge in [-0.25, -0.2) is 0 Å². The van der Waals surface area contributed by atoms with Crippen molar-refractivity contribution >= 4 is 5.91 Å². The predicted octanol–water partition coefficient (Wildman–Crippen LogP) is 3.44. The molecule has 0 aromatic carbocycles. The average Bonchev–Trinajstić information content (AvgIpc) is 2.99. The number of nitrogens with one attached hydrogen (secondary N) is 1. The van der Waals surface area contributed by atoms with E-state index in [9.17, 15) is 4.79 Å². The molecule has 1 aliphatic heterocycles. The molecule has 0 bridgehead atoms. The molecule has 1 amide bonds. The SMILES string of the molecule is CC(C)CN(C(=O)CC(C)C1CCCNC1)C1CCCC1. The molecule has 1 saturated carbocycles. The minimum absolute atomic E-state index is 0.411. The maximum absolute atomic E-state index is 12.8. The fourth-order valence-electron chi connectivity index (χ4n) is 3.99. The zero-order valence-corrected chi connectivity index (χ0v) is 14.2. The van der Waals surface area contributed by atoms with Gasteiger partial charge in [0.1, 0.15) is 0 Å². The Kier molecular flexibility index (Phi) is 6.53. The van der Waals surface area contributed by atoms with Crippen LogP contribution < -0.4 is 5.32 Å². The van der Waals surface area contributed by atoms with Gasteiger partial charge in [0.15, 0.2) is 0 Å². The van der Waals surface area contributed by atoms with Crippen LogP contribution in [0.4, 0.5) is 0 Å². The fraction of sp³-hybridized carbons (Fsp3) is 0.944. The highest BCUT2D eigenvalue weighted by Crippen LogP contribution is 2.28. The van der Waals surface area contributed by atoms with Gasteiger partial charge in [0, 0.05) is 19.0 Å². The van der Waals surface area contributed by atoms with E-state index in [4.69, 9.17) is 0 Å². The van der Waals surface area contributed by atoms with E-state index in [0.717, 1.165) is 26.1 Å². The third-order valence-corrected chi connectivity index (χ3v) is 5.28. The lowest BCUT2D eigenvalue weighted by atomic mass is 9.85. The molecule has 3 nitrogen and oxygen atoms in total. The molecule has 2 atom stereocenters. The molecule has 1 aliphatic carbocycles. The van der Waals surface area contributed by atoms with E-state index < -0.39 is 0 Å². The van der Waals surface area contributed by atoms with Crippen LogP contribution in [0.25, 0.3) is 0 Å². The van der Waals surface area contributed by atoms with Crippen molar-refractivity contribution in [1.82, 2.24) is 10.2 Å². The number of rotatable bonds is 6. The molecule has 0 spiro atoms. The highest BCUT2D eigenvalue weighted by atomic mass is 16.2. The molecule has 3 heteroatoms. The summed E-state index contributed by atoms with van der Waals surface area (Å²) in [5, 5.41) is 3.48. The van der Waals surface area contributed by atoms with E-state index in [-0.39, 0.29) is 0 Å². The molecule has 2 fully saturated rings. The first kappa shape index (κ1) is 16.8. The topological polar surface area (TPSA) is 32.3 Å². The van der Waals surface area contributed by atoms with Gasteiger partial charge in [0.2, 0.25) is 5.91 Å². The first-order valence-corrected chi connectivity index (χ1v) is 9.08. The zero-order chi connectivity index (χ0) is 15.2. The maximum atomic E-state index is 12.8. The van der Waals surface area contributed by atoms with Gasteiger partial charge in [-0.1, -0.05) is 33.6 Å². The molecular formula is C18H34N2O. The van der Waals surface area contributed by atoms with E-state index in [1.807, 2.05) is 0 Å². The molecule has 1 N–H and O–H groups in total. The van der Waals surface area contributed by atoms with Crippen LogP contribution in [0.5, 0.6) is 0 Å². The maximum Gasteiger partial charge on any atom is 0.223 e. The molecule has 2 aliphatic rings. The van der Waals surface area contributed by atoms with Crippen LogP contribution >= 0.6 is 0 Å². The van der Waals surface area contributed by atoms with E-state index in [2.05, 4.69) is 31.0 Å². The van der Waals surface area contributed by atoms with Gasteiger partial charge in [0.25, 0.3) is 0 Å². The standard InChI is InChI=1S/C18H34N2O/c1-14(2)13-20(17-8-4-5-9-17)18(21)11-15(3)16-7-6-10-19-12-16/h14-17,19H,4-13H2,1-3H3. The van der Waals surface area contributed by atoms with Gasteiger partial charge >= 0.3 is 0 Å². The summed E-state index contributed by atoms with van der Waals surface area (Å²) in [5.74, 6) is 2.18. The monoisotopic (exact) mass is 294 g/mol. The molecule has 2 unspecified atom stereocenters. The Morgan fingerprint density at radius 3 is 2.43 bits per heavy atom. The second kappa shape index (κ2) is 8.17. The van der Waals surface area contributed by atoms with Gasteiger partial charge < -0.3 is 10.2 Å². The molecule has 0 radical (unpaired) electrons. The van der Waals surface area contributed by atoms with Gasteiger partial charge in [-0.15, -0.1) is 0 Å². The van der Waals surface area contributed by atoms with Crippen molar-refractivity contribution in [3.05, 3.63) is 0 Å². The summed E-state index contributed by atoms with van der Waals surface area (Å²) in [6.07, 6.45) is 8.34. The van der Waals surface area contributed by atoms with Crippen molar-refractivity contribution in [1.29, 1.82) is 0 Å². The molecule has 1 saturated heterocycles. The van der Waals surface area contributed by atoms with Crippen LogP contribution in [0.1, 0.15) is 65.7 Å². The van der Waals surface area contributed by atoms with Crippen LogP contribution in [0.2, 0.25) is 0 Å². The second-order valence-electron chi connectivity index (χ2n) is 7.67. The quantitative estimate of drug-likeness (QED) is 0.814. The smallest absolute Gasteiger partial charge is 0.223 e. The first-order valence-electron chi connectivity index (χ1n) is 9.08. The van der Waals surface area contributed by atoms with Gasteiger partial charge in [-0.05, 0) is 56.5 Å². The predicted molar refractivity (Wildman–Crippen MR) is 88.2 cm³/mol. The highest BCUT2D eigenvalue weighted by molar-refractivity contribution is 5.76. The van der Waals surface area contributed by atoms with Crippen LogP contribution in [-0.2, 0) is 4.79 Å². The minimum atomic E-state index is 0.411. The van der Waals surface area contributed by atoms with Crippen LogP contribution in [0.15, 0.2) is 0 Å². The molecule has 2 rings (SSSR count). The Hall–Kier alpha value is -0.570. The number of hydrogen-bond acceptors (Lipinski definition) is 2. The fourth-order valence-corrected chi connectivity index (χ4v) is 3.99. The van der Waals surface area contributed by atoms with E-state index in [1.54, 1.807) is 0 Å². The third kappa shape index (κ3) is 4.98. The Morgan fingerprint density at radius 2 is 1.86 bits per heavy atom. The van der Waals surface area contributed by atoms with Crippen molar-refractivity contribution in [2.24, 2.45) is 17.8 Å². The average molecular weight is 294 g/mol. The Morgan fingerprint density at radius 1 is 1.14 bits per heavy atom. The summed E-state index contributed by atoms with van der Waals surface area (Å²) in [6.45, 7) is 9.92. The summed E-state index contributed by atoms with van der Waals surface area (Å²) in [7, 11) is 0. The van der Waals surface area contributed by atoms with E-state index in [0.29, 0.717) is 29.7 Å². The molecule has 1 heterocycles. The summed E-state index contributed by atoms with van der Waals surface area (Å²) >= 11 is 0. The van der Waals surface area contributed by atoms with Crippen LogP contribution in [0.3, 0.4) is 0 Å². The summed E-state index contributed by atoms with van der Waals surface area (Å²) in [6, 6.07) is 0.525. The van der Waals surface area contributed by atoms with Crippen molar-refractivity contribution in [2.45, 2.75) is 71.8 Å². The highest BCUT2D eigenvalue weighted by Gasteiger charge is 2.29. The molecule has 122 valence electrons. The largest absolute Gasteiger partial charge is 0.339 e. The Labute approximate surface area is 130 Å². The summed E-state index contributed by atoms with van der Waals surface area (Å²) < 4.78 is 0. The number of amides is 1. The molecule has 0 aromatic heterocycles. The lowest BCUT2D eigenvalue weighted by Gasteiger charge is -2.34. The number of carbonyl (C=O) groups is 1. The van der Waals surface area contributed by atoms with E-state index >= 15 is 0 Å². The summed E-state index contributed by atoms with van der Waals surface area (Å²) in [4.78, 5) is 15.1. The lowest BCUT2D eigenvalue weighted by Crippen LogP contribution is -2.43. The Bertz CT molecular complexity index is 317. The normalized spacial score (nSPS) is 25.2. The third-order valence-electron chi connectivity index (χ3n) is 5.28. The van der Waals surface area contributed by atoms with Gasteiger partial charge in [-0.2, -0.15) is 0 Å². The number of nitrogens with zero attached hydrogens (tertiary/aromatic N) is 1. The van der Waals surface area contributed by atoms with Crippen molar-refractivity contribution in [3.8, 4) is 0 Å². The first-order chi connectivity index (χ1) is 10.1. The minimum Gasteiger partial charge on any atom is -0.339 e. The molecule has 21 heavy (non-hydrogen) atoms. The number of carbonyl (C=O) groups excluding carboxylic acids is 1. The number of piperidine rings is 1. The van der Waals surface area contributed by atoms with Crippen LogP contribution in [0, 0.1) is 17.8 Å². The molecule has 0 aromatic rings. The lowest BCUT2D eigenvalue weighted by molar-refractivity contribution is -0.135. The summed E-state index contributed by atoms with van der Waals surface area (Å²) in [5.41, 5.74) is 0.